The number of hydrogen-bond acceptors (Lipinski definition) is 3. The van der Waals surface area contributed by atoms with Crippen LogP contribution < -0.4 is 0 Å². The van der Waals surface area contributed by atoms with Crippen molar-refractivity contribution in [1.82, 2.24) is 0 Å². The standard InChI is InChI=1S/C12H16F6O3/c1-9(20-7-11(13,14)15)3-5-19-6-4-10(2)21-8-12(16,17)18/h3-6,9-10H,7-8H2,1-2H3. The van der Waals surface area contributed by atoms with Gasteiger partial charge in [0.25, 0.3) is 0 Å². The largest absolute Gasteiger partial charge is 0.473 e. The quantitative estimate of drug-likeness (QED) is 0.500. The summed E-state index contributed by atoms with van der Waals surface area (Å²) >= 11 is 0. The fourth-order valence-electron chi connectivity index (χ4n) is 0.920. The number of halogens is 6. The van der Waals surface area contributed by atoms with Gasteiger partial charge in [-0.2, -0.15) is 26.3 Å². The lowest BCUT2D eigenvalue weighted by Gasteiger charge is -2.11. The fraction of sp³-hybridized carbons (Fsp3) is 0.667. The van der Waals surface area contributed by atoms with Gasteiger partial charge in [-0.15, -0.1) is 0 Å². The molecule has 0 saturated carbocycles. The Morgan fingerprint density at radius 1 is 0.762 bits per heavy atom. The molecule has 21 heavy (non-hydrogen) atoms. The molecule has 124 valence electrons. The van der Waals surface area contributed by atoms with Gasteiger partial charge in [0.05, 0.1) is 24.7 Å². The van der Waals surface area contributed by atoms with Crippen molar-refractivity contribution in [2.24, 2.45) is 0 Å². The molecule has 0 N–H and O–H groups in total. The molecule has 3 nitrogen and oxygen atoms in total. The lowest BCUT2D eigenvalue weighted by atomic mass is 10.4. The van der Waals surface area contributed by atoms with E-state index in [1.54, 1.807) is 0 Å². The van der Waals surface area contributed by atoms with E-state index in [2.05, 4.69) is 9.47 Å². The maximum Gasteiger partial charge on any atom is 0.411 e. The van der Waals surface area contributed by atoms with Crippen molar-refractivity contribution in [2.75, 3.05) is 13.2 Å². The SMILES string of the molecule is CC(C=COC=CC(C)OCC(F)(F)F)OCC(F)(F)F. The van der Waals surface area contributed by atoms with E-state index in [9.17, 15) is 26.3 Å². The van der Waals surface area contributed by atoms with Crippen molar-refractivity contribution in [2.45, 2.75) is 38.4 Å². The summed E-state index contributed by atoms with van der Waals surface area (Å²) in [5, 5.41) is 0. The van der Waals surface area contributed by atoms with E-state index < -0.39 is 37.8 Å². The molecule has 0 aromatic carbocycles. The summed E-state index contributed by atoms with van der Waals surface area (Å²) in [5.74, 6) is 0. The highest BCUT2D eigenvalue weighted by Crippen LogP contribution is 2.16. The highest BCUT2D eigenvalue weighted by atomic mass is 19.4. The van der Waals surface area contributed by atoms with Crippen molar-refractivity contribution in [3.8, 4) is 0 Å². The molecule has 0 aliphatic heterocycles. The summed E-state index contributed by atoms with van der Waals surface area (Å²) in [6.45, 7) is 0.00207. The first-order chi connectivity index (χ1) is 9.49. The van der Waals surface area contributed by atoms with Crippen molar-refractivity contribution < 1.29 is 40.6 Å². The molecule has 0 fully saturated rings. The van der Waals surface area contributed by atoms with Crippen molar-refractivity contribution >= 4 is 0 Å². The minimum Gasteiger partial charge on any atom is -0.473 e. The lowest BCUT2D eigenvalue weighted by molar-refractivity contribution is -0.179. The van der Waals surface area contributed by atoms with Crippen LogP contribution in [0.4, 0.5) is 26.3 Å². The molecular weight excluding hydrogens is 306 g/mol. The molecule has 0 amide bonds. The van der Waals surface area contributed by atoms with Crippen LogP contribution in [0, 0.1) is 0 Å². The molecule has 2 unspecified atom stereocenters. The summed E-state index contributed by atoms with van der Waals surface area (Å²) in [6.07, 6.45) is -5.89. The van der Waals surface area contributed by atoms with Gasteiger partial charge in [-0.05, 0) is 26.0 Å². The average Bonchev–Trinajstić information content (AvgIpc) is 2.32. The third-order valence-electron chi connectivity index (χ3n) is 1.88. The first-order valence-electron chi connectivity index (χ1n) is 5.85. The molecule has 0 spiro atoms. The zero-order valence-electron chi connectivity index (χ0n) is 11.4. The van der Waals surface area contributed by atoms with Crippen LogP contribution in [0.25, 0.3) is 0 Å². The minimum atomic E-state index is -4.41. The molecule has 0 bridgehead atoms. The van der Waals surface area contributed by atoms with Gasteiger partial charge in [0, 0.05) is 0 Å². The van der Waals surface area contributed by atoms with Crippen LogP contribution in [0.3, 0.4) is 0 Å². The Morgan fingerprint density at radius 3 is 1.38 bits per heavy atom. The van der Waals surface area contributed by atoms with E-state index in [0.717, 1.165) is 12.5 Å². The molecule has 0 aromatic rings. The molecule has 0 saturated heterocycles. The van der Waals surface area contributed by atoms with E-state index >= 15 is 0 Å². The summed E-state index contributed by atoms with van der Waals surface area (Å²) in [7, 11) is 0. The van der Waals surface area contributed by atoms with E-state index in [-0.39, 0.29) is 0 Å². The molecule has 2 atom stereocenters. The van der Waals surface area contributed by atoms with Crippen LogP contribution in [0.1, 0.15) is 13.8 Å². The maximum absolute atomic E-state index is 11.8. The van der Waals surface area contributed by atoms with Gasteiger partial charge < -0.3 is 14.2 Å². The summed E-state index contributed by atoms with van der Waals surface area (Å²) < 4.78 is 84.6. The van der Waals surface area contributed by atoms with Crippen molar-refractivity contribution in [3.63, 3.8) is 0 Å². The normalized spacial score (nSPS) is 16.6. The minimum absolute atomic E-state index is 0.820. The third kappa shape index (κ3) is 15.0. The smallest absolute Gasteiger partial charge is 0.411 e. The maximum atomic E-state index is 11.8. The van der Waals surface area contributed by atoms with Crippen LogP contribution in [-0.4, -0.2) is 37.8 Å². The Morgan fingerprint density at radius 2 is 1.10 bits per heavy atom. The number of alkyl halides is 6. The predicted molar refractivity (Wildman–Crippen MR) is 62.3 cm³/mol. The third-order valence-corrected chi connectivity index (χ3v) is 1.88. The Bertz CT molecular complexity index is 303. The Hall–Kier alpha value is -1.22. The van der Waals surface area contributed by atoms with E-state index in [1.165, 1.54) is 26.0 Å². The highest BCUT2D eigenvalue weighted by Gasteiger charge is 2.28. The van der Waals surface area contributed by atoms with Gasteiger partial charge in [0.2, 0.25) is 0 Å². The molecule has 9 heteroatoms. The van der Waals surface area contributed by atoms with Crippen LogP contribution in [-0.2, 0) is 14.2 Å². The fourth-order valence-corrected chi connectivity index (χ4v) is 0.920. The Kier molecular flexibility index (Phi) is 8.41. The summed E-state index contributed by atoms with van der Waals surface area (Å²) in [5.41, 5.74) is 0. The van der Waals surface area contributed by atoms with Crippen molar-refractivity contribution in [1.29, 1.82) is 0 Å². The molecule has 0 radical (unpaired) electrons. The van der Waals surface area contributed by atoms with Gasteiger partial charge in [0.15, 0.2) is 0 Å². The predicted octanol–water partition coefficient (Wildman–Crippen LogP) is 3.97. The van der Waals surface area contributed by atoms with E-state index in [1.807, 2.05) is 0 Å². The Balaban J connectivity index is 3.86. The van der Waals surface area contributed by atoms with Gasteiger partial charge in [0.1, 0.15) is 13.2 Å². The molecule has 0 aliphatic rings. The van der Waals surface area contributed by atoms with E-state index in [0.29, 0.717) is 0 Å². The first kappa shape index (κ1) is 19.8. The lowest BCUT2D eigenvalue weighted by Crippen LogP contribution is -2.20. The molecule has 0 aromatic heterocycles. The van der Waals surface area contributed by atoms with Crippen LogP contribution in [0.5, 0.6) is 0 Å². The zero-order valence-corrected chi connectivity index (χ0v) is 11.4. The second kappa shape index (κ2) is 8.93. The highest BCUT2D eigenvalue weighted by molar-refractivity contribution is 4.87. The Labute approximate surface area is 118 Å². The van der Waals surface area contributed by atoms with Crippen molar-refractivity contribution in [3.05, 3.63) is 24.7 Å². The number of rotatable bonds is 8. The van der Waals surface area contributed by atoms with Gasteiger partial charge in [-0.25, -0.2) is 0 Å². The average molecular weight is 322 g/mol. The topological polar surface area (TPSA) is 27.7 Å². The number of hydrogen-bond donors (Lipinski definition) is 0. The summed E-state index contributed by atoms with van der Waals surface area (Å²) in [4.78, 5) is 0. The van der Waals surface area contributed by atoms with Gasteiger partial charge in [-0.3, -0.25) is 0 Å². The van der Waals surface area contributed by atoms with Crippen LogP contribution in [0.15, 0.2) is 24.7 Å². The van der Waals surface area contributed by atoms with Crippen LogP contribution >= 0.6 is 0 Å². The van der Waals surface area contributed by atoms with E-state index in [4.69, 9.17) is 4.74 Å². The van der Waals surface area contributed by atoms with Crippen LogP contribution in [0.2, 0.25) is 0 Å². The second-order valence-electron chi connectivity index (χ2n) is 4.06. The molecule has 0 heterocycles. The van der Waals surface area contributed by atoms with Gasteiger partial charge >= 0.3 is 12.4 Å². The second-order valence-corrected chi connectivity index (χ2v) is 4.06. The zero-order chi connectivity index (χ0) is 16.5. The number of ether oxygens (including phenoxy) is 3. The molecule has 0 rings (SSSR count). The summed E-state index contributed by atoms with van der Waals surface area (Å²) in [6, 6.07) is 0. The van der Waals surface area contributed by atoms with Gasteiger partial charge in [-0.1, -0.05) is 0 Å². The molecule has 0 aliphatic carbocycles. The first-order valence-corrected chi connectivity index (χ1v) is 5.85. The molecular formula is C12H16F6O3. The monoisotopic (exact) mass is 322 g/mol.